The number of anilines is 1. The fourth-order valence-electron chi connectivity index (χ4n) is 4.79. The van der Waals surface area contributed by atoms with Crippen LogP contribution in [0.25, 0.3) is 0 Å². The molecule has 3 amide bonds. The molecule has 8 heteroatoms. The maximum atomic E-state index is 14.1. The van der Waals surface area contributed by atoms with Gasteiger partial charge >= 0.3 is 12.0 Å². The van der Waals surface area contributed by atoms with E-state index in [1.165, 1.54) is 7.11 Å². The Bertz CT molecular complexity index is 1300. The van der Waals surface area contributed by atoms with Crippen molar-refractivity contribution < 1.29 is 23.9 Å². The number of hydrogen-bond donors (Lipinski definition) is 2. The Kier molecular flexibility index (Phi) is 9.33. The van der Waals surface area contributed by atoms with Crippen molar-refractivity contribution in [2.45, 2.75) is 58.0 Å². The van der Waals surface area contributed by atoms with Gasteiger partial charge < -0.3 is 25.0 Å². The van der Waals surface area contributed by atoms with E-state index in [1.807, 2.05) is 79.7 Å². The number of hydrogen-bond acceptors (Lipinski definition) is 5. The average molecular weight is 530 g/mol. The minimum absolute atomic E-state index is 0.0536. The summed E-state index contributed by atoms with van der Waals surface area (Å²) in [5.74, 6) is -0.717. The molecule has 204 valence electrons. The van der Waals surface area contributed by atoms with Crippen molar-refractivity contribution in [2.24, 2.45) is 0 Å². The zero-order valence-corrected chi connectivity index (χ0v) is 22.6. The van der Waals surface area contributed by atoms with Crippen molar-refractivity contribution in [1.82, 2.24) is 10.2 Å². The predicted octanol–water partition coefficient (Wildman–Crippen LogP) is 4.61. The van der Waals surface area contributed by atoms with Crippen molar-refractivity contribution in [3.63, 3.8) is 0 Å². The van der Waals surface area contributed by atoms with Crippen LogP contribution in [0.1, 0.15) is 35.6 Å². The van der Waals surface area contributed by atoms with Crippen LogP contribution in [0.4, 0.5) is 10.5 Å². The van der Waals surface area contributed by atoms with Crippen LogP contribution in [0.2, 0.25) is 0 Å². The van der Waals surface area contributed by atoms with Gasteiger partial charge in [0.25, 0.3) is 0 Å². The predicted molar refractivity (Wildman–Crippen MR) is 149 cm³/mol. The third-order valence-corrected chi connectivity index (χ3v) is 6.92. The lowest BCUT2D eigenvalue weighted by atomic mass is 9.91. The smallest absolute Gasteiger partial charge is 0.319 e. The van der Waals surface area contributed by atoms with Gasteiger partial charge in [-0.05, 0) is 54.7 Å². The average Bonchev–Trinajstić information content (AvgIpc) is 2.94. The molecule has 3 atom stereocenters. The fraction of sp³-hybridized carbons (Fsp3) is 0.323. The third-order valence-electron chi connectivity index (χ3n) is 6.92. The molecule has 1 heterocycles. The second-order valence-corrected chi connectivity index (χ2v) is 9.82. The highest BCUT2D eigenvalue weighted by Gasteiger charge is 2.38. The van der Waals surface area contributed by atoms with E-state index in [2.05, 4.69) is 10.6 Å². The zero-order valence-electron chi connectivity index (χ0n) is 22.6. The molecule has 1 aliphatic rings. The topological polar surface area (TPSA) is 97.0 Å². The molecule has 39 heavy (non-hydrogen) atoms. The largest absolute Gasteiger partial charge is 0.469 e. The number of aryl methyl sites for hydroxylation is 1. The Hall–Kier alpha value is -4.17. The maximum Gasteiger partial charge on any atom is 0.319 e. The van der Waals surface area contributed by atoms with Gasteiger partial charge in [0, 0.05) is 18.3 Å². The van der Waals surface area contributed by atoms with Crippen molar-refractivity contribution >= 4 is 23.6 Å². The van der Waals surface area contributed by atoms with Gasteiger partial charge in [0.1, 0.15) is 6.04 Å². The van der Waals surface area contributed by atoms with Gasteiger partial charge in [-0.15, -0.1) is 0 Å². The van der Waals surface area contributed by atoms with Gasteiger partial charge in [-0.1, -0.05) is 66.7 Å². The number of fused-ring (bicyclic) bond motifs is 1. The molecule has 0 unspecified atom stereocenters. The molecule has 0 fully saturated rings. The molecule has 0 bridgehead atoms. The number of rotatable bonds is 9. The van der Waals surface area contributed by atoms with E-state index in [-0.39, 0.29) is 18.9 Å². The number of carbonyl (C=O) groups is 3. The van der Waals surface area contributed by atoms with Gasteiger partial charge in [0.15, 0.2) is 0 Å². The Balaban J connectivity index is 1.58. The number of urea groups is 1. The van der Waals surface area contributed by atoms with Crippen molar-refractivity contribution in [1.29, 1.82) is 0 Å². The van der Waals surface area contributed by atoms with Gasteiger partial charge in [-0.2, -0.15) is 0 Å². The molecule has 8 nitrogen and oxygen atoms in total. The number of nitrogens with one attached hydrogen (secondary N) is 2. The number of methoxy groups -OCH3 is 1. The summed E-state index contributed by atoms with van der Waals surface area (Å²) in [5.41, 5.74) is 4.66. The van der Waals surface area contributed by atoms with Crippen molar-refractivity contribution in [3.8, 4) is 0 Å². The Labute approximate surface area is 229 Å². The lowest BCUT2D eigenvalue weighted by molar-refractivity contribution is -0.146. The molecular formula is C31H35N3O5. The number of benzene rings is 3. The first-order valence-electron chi connectivity index (χ1n) is 13.1. The van der Waals surface area contributed by atoms with E-state index in [0.717, 1.165) is 22.3 Å². The number of amides is 3. The number of ether oxygens (including phenoxy) is 2. The van der Waals surface area contributed by atoms with Crippen LogP contribution < -0.4 is 10.6 Å². The number of esters is 1. The lowest BCUT2D eigenvalue weighted by Crippen LogP contribution is -2.58. The molecule has 0 aromatic heterocycles. The van der Waals surface area contributed by atoms with Crippen LogP contribution in [0.3, 0.4) is 0 Å². The summed E-state index contributed by atoms with van der Waals surface area (Å²) >= 11 is 0. The fourth-order valence-corrected chi connectivity index (χ4v) is 4.79. The third kappa shape index (κ3) is 7.45. The van der Waals surface area contributed by atoms with E-state index in [4.69, 9.17) is 9.47 Å². The van der Waals surface area contributed by atoms with Gasteiger partial charge in [0.2, 0.25) is 5.91 Å². The van der Waals surface area contributed by atoms with Crippen LogP contribution in [-0.2, 0) is 38.6 Å². The molecule has 3 aromatic carbocycles. The van der Waals surface area contributed by atoms with Gasteiger partial charge in [0.05, 0.1) is 26.2 Å². The minimum Gasteiger partial charge on any atom is -0.469 e. The molecule has 4 rings (SSSR count). The minimum atomic E-state index is -0.996. The SMILES string of the molecule is COC(=O)C[C@H]1Cc2ccccc2CN1C(=O)[C@@H](NC(=O)Nc1cccc(C)c1)[C@@H](C)OCc1ccccc1. The Morgan fingerprint density at radius 1 is 0.974 bits per heavy atom. The second kappa shape index (κ2) is 13.1. The first-order chi connectivity index (χ1) is 18.8. The molecule has 3 aromatic rings. The van der Waals surface area contributed by atoms with Crippen molar-refractivity contribution in [3.05, 3.63) is 101 Å². The highest BCUT2D eigenvalue weighted by molar-refractivity contribution is 5.94. The molecular weight excluding hydrogens is 494 g/mol. The number of nitrogens with zero attached hydrogens (tertiary/aromatic N) is 1. The summed E-state index contributed by atoms with van der Waals surface area (Å²) in [6, 6.07) is 23.0. The summed E-state index contributed by atoms with van der Waals surface area (Å²) in [7, 11) is 1.34. The quantitative estimate of drug-likeness (QED) is 0.395. The second-order valence-electron chi connectivity index (χ2n) is 9.82. The summed E-state index contributed by atoms with van der Waals surface area (Å²) in [5, 5.41) is 5.66. The first kappa shape index (κ1) is 27.9. The Morgan fingerprint density at radius 3 is 2.41 bits per heavy atom. The van der Waals surface area contributed by atoms with Gasteiger partial charge in [-0.3, -0.25) is 9.59 Å². The summed E-state index contributed by atoms with van der Waals surface area (Å²) in [6.45, 7) is 4.30. The van der Waals surface area contributed by atoms with E-state index < -0.39 is 30.2 Å². The highest BCUT2D eigenvalue weighted by Crippen LogP contribution is 2.27. The van der Waals surface area contributed by atoms with Crippen LogP contribution >= 0.6 is 0 Å². The molecule has 0 saturated carbocycles. The summed E-state index contributed by atoms with van der Waals surface area (Å²) in [4.78, 5) is 41.1. The first-order valence-corrected chi connectivity index (χ1v) is 13.1. The molecule has 2 N–H and O–H groups in total. The molecule has 1 aliphatic heterocycles. The van der Waals surface area contributed by atoms with E-state index in [1.54, 1.807) is 17.9 Å². The lowest BCUT2D eigenvalue weighted by Gasteiger charge is -2.39. The van der Waals surface area contributed by atoms with Crippen LogP contribution in [0.5, 0.6) is 0 Å². The van der Waals surface area contributed by atoms with E-state index in [0.29, 0.717) is 18.7 Å². The summed E-state index contributed by atoms with van der Waals surface area (Å²) in [6.07, 6.45) is -0.0897. The Morgan fingerprint density at radius 2 is 1.69 bits per heavy atom. The summed E-state index contributed by atoms with van der Waals surface area (Å²) < 4.78 is 11.0. The monoisotopic (exact) mass is 529 g/mol. The molecule has 0 spiro atoms. The van der Waals surface area contributed by atoms with E-state index in [9.17, 15) is 14.4 Å². The van der Waals surface area contributed by atoms with Crippen LogP contribution in [0, 0.1) is 6.92 Å². The zero-order chi connectivity index (χ0) is 27.8. The van der Waals surface area contributed by atoms with E-state index >= 15 is 0 Å². The normalized spacial score (nSPS) is 16.0. The van der Waals surface area contributed by atoms with Crippen molar-refractivity contribution in [2.75, 3.05) is 12.4 Å². The van der Waals surface area contributed by atoms with Crippen LogP contribution in [0.15, 0.2) is 78.9 Å². The standard InChI is InChI=1S/C31H35N3O5/c1-21-10-9-15-26(16-21)32-31(37)33-29(22(2)39-20-23-11-5-4-6-12-23)30(36)34-19-25-14-8-7-13-24(25)17-27(34)18-28(35)38-3/h4-16,22,27,29H,17-20H2,1-3H3,(H2,32,33,37)/t22-,27-,29+/m1/s1. The molecule has 0 saturated heterocycles. The highest BCUT2D eigenvalue weighted by atomic mass is 16.5. The number of carbonyl (C=O) groups excluding carboxylic acids is 3. The molecule has 0 aliphatic carbocycles. The van der Waals surface area contributed by atoms with Crippen LogP contribution in [-0.4, -0.2) is 48.1 Å². The van der Waals surface area contributed by atoms with Gasteiger partial charge in [-0.25, -0.2) is 4.79 Å². The maximum absolute atomic E-state index is 14.1. The molecule has 0 radical (unpaired) electrons.